The minimum absolute atomic E-state index is 0.0749. The number of carbonyl (C=O) groups excluding carboxylic acids is 1. The van der Waals surface area contributed by atoms with Crippen LogP contribution in [-0.2, 0) is 9.36 Å². The largest absolute Gasteiger partial charge is 0.349 e. The van der Waals surface area contributed by atoms with Gasteiger partial charge in [0.05, 0.1) is 0 Å². The van der Waals surface area contributed by atoms with Crippen molar-refractivity contribution in [3.63, 3.8) is 0 Å². The predicted octanol–water partition coefficient (Wildman–Crippen LogP) is 0.673. The molecule has 1 fully saturated rings. The van der Waals surface area contributed by atoms with Crippen LogP contribution in [0, 0.1) is 5.92 Å². The molecule has 5 nitrogen and oxygen atoms in total. The summed E-state index contributed by atoms with van der Waals surface area (Å²) >= 11 is 0. The average Bonchev–Trinajstić information content (AvgIpc) is 2.64. The van der Waals surface area contributed by atoms with Gasteiger partial charge in [-0.2, -0.15) is 0 Å². The summed E-state index contributed by atoms with van der Waals surface area (Å²) < 4.78 is 37.2. The Hall–Kier alpha value is -0.620. The van der Waals surface area contributed by atoms with Crippen molar-refractivity contribution < 1.29 is 27.9 Å². The van der Waals surface area contributed by atoms with E-state index in [1.54, 1.807) is 0 Å². The summed E-state index contributed by atoms with van der Waals surface area (Å²) in [5.41, 5.74) is 0. The highest BCUT2D eigenvalue weighted by atomic mass is 31.2. The lowest BCUT2D eigenvalue weighted by Crippen LogP contribution is -2.38. The number of ketones is 1. The first-order valence-electron chi connectivity index (χ1n) is 5.59. The molecule has 0 spiro atoms. The number of nitrogens with one attached hydrogen (secondary N) is 1. The second-order valence-electron chi connectivity index (χ2n) is 4.68. The van der Waals surface area contributed by atoms with Crippen LogP contribution in [-0.4, -0.2) is 39.7 Å². The Morgan fingerprint density at radius 1 is 1.33 bits per heavy atom. The lowest BCUT2D eigenvalue weighted by atomic mass is 9.87. The van der Waals surface area contributed by atoms with Gasteiger partial charge >= 0.3 is 7.60 Å². The fourth-order valence-electron chi connectivity index (χ4n) is 2.38. The Kier molecular flexibility index (Phi) is 3.69. The molecule has 8 heteroatoms. The molecule has 0 radical (unpaired) electrons. The van der Waals surface area contributed by atoms with Gasteiger partial charge < -0.3 is 9.79 Å². The van der Waals surface area contributed by atoms with Gasteiger partial charge in [0, 0.05) is 12.5 Å². The van der Waals surface area contributed by atoms with Gasteiger partial charge in [-0.1, -0.05) is 12.2 Å². The van der Waals surface area contributed by atoms with Crippen molar-refractivity contribution in [2.24, 2.45) is 5.92 Å². The number of allylic oxidation sites excluding steroid dienone is 1. The summed E-state index contributed by atoms with van der Waals surface area (Å²) in [5, 5.41) is 2.53. The molecule has 0 bridgehead atoms. The van der Waals surface area contributed by atoms with E-state index in [2.05, 4.69) is 5.32 Å². The summed E-state index contributed by atoms with van der Waals surface area (Å²) in [4.78, 5) is 29.4. The van der Waals surface area contributed by atoms with Crippen LogP contribution in [0.2, 0.25) is 0 Å². The molecule has 18 heavy (non-hydrogen) atoms. The third-order valence-corrected chi connectivity index (χ3v) is 4.45. The molecule has 1 heterocycles. The number of Topliss-reactive ketones (excluding diaryl/α,β-unsaturated/α-hetero) is 1. The lowest BCUT2D eigenvalue weighted by Gasteiger charge is -2.27. The molecule has 1 aliphatic carbocycles. The monoisotopic (exact) mass is 281 g/mol. The van der Waals surface area contributed by atoms with Crippen LogP contribution >= 0.6 is 7.60 Å². The number of hydrogen-bond donors (Lipinski definition) is 3. The number of rotatable bonds is 2. The summed E-state index contributed by atoms with van der Waals surface area (Å²) in [6.07, 6.45) is -0.879. The first-order chi connectivity index (χ1) is 8.29. The zero-order chi connectivity index (χ0) is 13.5. The van der Waals surface area contributed by atoms with Crippen LogP contribution in [0.4, 0.5) is 8.78 Å². The quantitative estimate of drug-likeness (QED) is 0.511. The van der Waals surface area contributed by atoms with Crippen LogP contribution in [0.5, 0.6) is 0 Å². The van der Waals surface area contributed by atoms with E-state index in [1.807, 2.05) is 0 Å². The summed E-state index contributed by atoms with van der Waals surface area (Å²) in [7, 11) is -4.54. The summed E-state index contributed by atoms with van der Waals surface area (Å²) in [5.74, 6) is -2.52. The highest BCUT2D eigenvalue weighted by molar-refractivity contribution is 7.53. The first kappa shape index (κ1) is 13.8. The molecule has 3 N–H and O–H groups in total. The van der Waals surface area contributed by atoms with Crippen molar-refractivity contribution in [1.29, 1.82) is 0 Å². The van der Waals surface area contributed by atoms with Crippen LogP contribution < -0.4 is 5.32 Å². The first-order valence-corrected chi connectivity index (χ1v) is 7.27. The molecule has 0 amide bonds. The normalized spacial score (nSPS) is 41.3. The second-order valence-corrected chi connectivity index (χ2v) is 6.37. The van der Waals surface area contributed by atoms with Crippen molar-refractivity contribution in [2.45, 2.75) is 37.0 Å². The fraction of sp³-hybridized carbons (Fsp3) is 0.700. The van der Waals surface area contributed by atoms with E-state index in [0.717, 1.165) is 6.08 Å². The van der Waals surface area contributed by atoms with Crippen molar-refractivity contribution in [3.8, 4) is 0 Å². The van der Waals surface area contributed by atoms with Crippen molar-refractivity contribution in [1.82, 2.24) is 5.32 Å². The summed E-state index contributed by atoms with van der Waals surface area (Å²) in [6.45, 7) is 0. The Morgan fingerprint density at radius 2 is 2.00 bits per heavy atom. The van der Waals surface area contributed by atoms with Crippen LogP contribution in [0.25, 0.3) is 0 Å². The maximum atomic E-state index is 13.2. The second kappa shape index (κ2) is 4.81. The third-order valence-electron chi connectivity index (χ3n) is 3.34. The Morgan fingerprint density at radius 3 is 2.50 bits per heavy atom. The molecule has 0 aromatic heterocycles. The van der Waals surface area contributed by atoms with Crippen LogP contribution in [0.3, 0.4) is 0 Å². The Balaban J connectivity index is 2.07. The van der Waals surface area contributed by atoms with Crippen molar-refractivity contribution in [2.75, 3.05) is 0 Å². The maximum Gasteiger partial charge on any atom is 0.349 e. The van der Waals surface area contributed by atoms with E-state index in [-0.39, 0.29) is 12.8 Å². The van der Waals surface area contributed by atoms with Crippen LogP contribution in [0.15, 0.2) is 12.2 Å². The molecular formula is C10H14F2NO4P. The molecule has 2 aliphatic rings. The topological polar surface area (TPSA) is 86.6 Å². The van der Waals surface area contributed by atoms with Gasteiger partial charge in [0.25, 0.3) is 0 Å². The summed E-state index contributed by atoms with van der Waals surface area (Å²) in [6, 6.07) is -0.544. The predicted molar refractivity (Wildman–Crippen MR) is 59.4 cm³/mol. The van der Waals surface area contributed by atoms with Crippen molar-refractivity contribution in [3.05, 3.63) is 12.2 Å². The van der Waals surface area contributed by atoms with E-state index in [9.17, 15) is 18.1 Å². The standard InChI is InChI=1S/C10H14F2NO4P/c11-6-2-1-5(3-7(6)12)8-4-9(14)10(13-8)18(15,16)17/h1-2,5-8,10,13H,3-4H2,(H2,15,16,17)/t5?,6?,7?,8-,10?/m1/s1. The fourth-order valence-corrected chi connectivity index (χ4v) is 3.25. The molecular weight excluding hydrogens is 267 g/mol. The van der Waals surface area contributed by atoms with E-state index in [0.29, 0.717) is 0 Å². The Bertz CT molecular complexity index is 424. The van der Waals surface area contributed by atoms with Gasteiger partial charge in [0.15, 0.2) is 11.6 Å². The van der Waals surface area contributed by atoms with Crippen molar-refractivity contribution >= 4 is 13.4 Å². The van der Waals surface area contributed by atoms with E-state index in [1.165, 1.54) is 6.08 Å². The van der Waals surface area contributed by atoms with E-state index < -0.39 is 43.5 Å². The third kappa shape index (κ3) is 2.69. The highest BCUT2D eigenvalue weighted by Gasteiger charge is 2.45. The van der Waals surface area contributed by atoms with Crippen LogP contribution in [0.1, 0.15) is 12.8 Å². The Labute approximate surface area is 102 Å². The molecule has 102 valence electrons. The minimum atomic E-state index is -4.54. The molecule has 0 saturated carbocycles. The molecule has 1 aliphatic heterocycles. The average molecular weight is 281 g/mol. The van der Waals surface area contributed by atoms with Gasteiger partial charge in [-0.05, 0) is 12.3 Å². The van der Waals surface area contributed by atoms with E-state index >= 15 is 0 Å². The number of halogens is 2. The van der Waals surface area contributed by atoms with Gasteiger partial charge in [0.1, 0.15) is 12.3 Å². The molecule has 5 atom stereocenters. The van der Waals surface area contributed by atoms with E-state index in [4.69, 9.17) is 9.79 Å². The lowest BCUT2D eigenvalue weighted by molar-refractivity contribution is -0.117. The molecule has 2 rings (SSSR count). The number of carbonyl (C=O) groups is 1. The minimum Gasteiger partial charge on any atom is -0.323 e. The smallest absolute Gasteiger partial charge is 0.323 e. The van der Waals surface area contributed by atoms with Gasteiger partial charge in [-0.15, -0.1) is 0 Å². The molecule has 0 aromatic carbocycles. The van der Waals surface area contributed by atoms with Gasteiger partial charge in [0.2, 0.25) is 0 Å². The van der Waals surface area contributed by atoms with Gasteiger partial charge in [-0.25, -0.2) is 8.78 Å². The SMILES string of the molecule is O=C1C[C@H](C2C=CC(F)C(F)C2)NC1P(=O)(O)O. The molecule has 0 aromatic rings. The highest BCUT2D eigenvalue weighted by Crippen LogP contribution is 2.44. The number of hydrogen-bond acceptors (Lipinski definition) is 3. The molecule has 1 saturated heterocycles. The molecule has 4 unspecified atom stereocenters. The zero-order valence-corrected chi connectivity index (χ0v) is 10.3. The number of alkyl halides is 2. The van der Waals surface area contributed by atoms with Gasteiger partial charge in [-0.3, -0.25) is 14.7 Å². The zero-order valence-electron chi connectivity index (χ0n) is 9.37. The maximum absolute atomic E-state index is 13.2.